The molecule has 2 saturated carbocycles. The number of nitrogens with one attached hydrogen (secondary N) is 1. The van der Waals surface area contributed by atoms with E-state index < -0.39 is 11.3 Å². The maximum atomic E-state index is 11.8. The zero-order valence-electron chi connectivity index (χ0n) is 8.46. The molecule has 0 saturated heterocycles. The highest BCUT2D eigenvalue weighted by Gasteiger charge is 2.68. The number of rotatable bonds is 1. The molecule has 78 valence electrons. The zero-order valence-corrected chi connectivity index (χ0v) is 8.46. The van der Waals surface area contributed by atoms with Gasteiger partial charge >= 0.3 is 0 Å². The first-order chi connectivity index (χ1) is 6.46. The van der Waals surface area contributed by atoms with E-state index in [0.717, 1.165) is 6.42 Å². The number of carbonyl (C=O) groups is 2. The molecule has 4 nitrogen and oxygen atoms in total. The van der Waals surface area contributed by atoms with E-state index in [9.17, 15) is 9.59 Å². The molecule has 0 aromatic carbocycles. The number of amides is 1. The van der Waals surface area contributed by atoms with Crippen molar-refractivity contribution >= 4 is 11.7 Å². The average Bonchev–Trinajstić information content (AvgIpc) is 2.49. The second kappa shape index (κ2) is 2.57. The maximum absolute atomic E-state index is 11.8. The lowest BCUT2D eigenvalue weighted by Crippen LogP contribution is -2.48. The Bertz CT molecular complexity index is 310. The third-order valence-electron chi connectivity index (χ3n) is 4.39. The van der Waals surface area contributed by atoms with Gasteiger partial charge in [-0.25, -0.2) is 5.48 Å². The summed E-state index contributed by atoms with van der Waals surface area (Å²) in [6, 6.07) is 0. The van der Waals surface area contributed by atoms with Gasteiger partial charge in [-0.15, -0.1) is 0 Å². The quantitative estimate of drug-likeness (QED) is 0.372. The second-order valence-corrected chi connectivity index (χ2v) is 4.93. The molecular formula is C10H15NO3. The van der Waals surface area contributed by atoms with Crippen molar-refractivity contribution < 1.29 is 14.8 Å². The summed E-state index contributed by atoms with van der Waals surface area (Å²) in [5.74, 6) is -0.231. The van der Waals surface area contributed by atoms with Gasteiger partial charge in [0.1, 0.15) is 11.2 Å². The lowest BCUT2D eigenvalue weighted by atomic mass is 9.68. The van der Waals surface area contributed by atoms with Gasteiger partial charge in [0, 0.05) is 6.42 Å². The third-order valence-corrected chi connectivity index (χ3v) is 4.39. The fraction of sp³-hybridized carbons (Fsp3) is 0.800. The van der Waals surface area contributed by atoms with Crippen LogP contribution < -0.4 is 5.48 Å². The predicted molar refractivity (Wildman–Crippen MR) is 48.5 cm³/mol. The molecule has 0 aromatic rings. The number of hydrogen-bond acceptors (Lipinski definition) is 3. The SMILES string of the molecule is CC1(C)[C@@H]2CC[C@@]1(C(=O)NO)C(=O)C2. The molecule has 2 aliphatic rings. The highest BCUT2D eigenvalue weighted by molar-refractivity contribution is 6.09. The Morgan fingerprint density at radius 2 is 2.21 bits per heavy atom. The monoisotopic (exact) mass is 197 g/mol. The van der Waals surface area contributed by atoms with Crippen LogP contribution in [-0.2, 0) is 9.59 Å². The Hall–Kier alpha value is -0.900. The highest BCUT2D eigenvalue weighted by atomic mass is 16.5. The number of carbonyl (C=O) groups excluding carboxylic acids is 2. The van der Waals surface area contributed by atoms with Gasteiger partial charge in [0.15, 0.2) is 0 Å². The van der Waals surface area contributed by atoms with E-state index in [0.29, 0.717) is 18.8 Å². The van der Waals surface area contributed by atoms with Crippen molar-refractivity contribution in [3.8, 4) is 0 Å². The number of hydroxylamine groups is 1. The molecule has 1 amide bonds. The van der Waals surface area contributed by atoms with Crippen molar-refractivity contribution in [2.24, 2.45) is 16.7 Å². The molecule has 2 atom stereocenters. The van der Waals surface area contributed by atoms with Crippen LogP contribution in [0, 0.1) is 16.7 Å². The van der Waals surface area contributed by atoms with Crippen molar-refractivity contribution in [3.05, 3.63) is 0 Å². The first kappa shape index (κ1) is 9.65. The van der Waals surface area contributed by atoms with Crippen molar-refractivity contribution in [2.45, 2.75) is 33.1 Å². The largest absolute Gasteiger partial charge is 0.298 e. The van der Waals surface area contributed by atoms with Crippen LogP contribution in [0.3, 0.4) is 0 Å². The van der Waals surface area contributed by atoms with Crippen LogP contribution in [-0.4, -0.2) is 16.9 Å². The van der Waals surface area contributed by atoms with Crippen molar-refractivity contribution in [3.63, 3.8) is 0 Å². The summed E-state index contributed by atoms with van der Waals surface area (Å²) >= 11 is 0. The Balaban J connectivity index is 2.49. The van der Waals surface area contributed by atoms with E-state index >= 15 is 0 Å². The first-order valence-corrected chi connectivity index (χ1v) is 4.94. The lowest BCUT2D eigenvalue weighted by Gasteiger charge is -2.33. The Kier molecular flexibility index (Phi) is 1.77. The Labute approximate surface area is 82.6 Å². The van der Waals surface area contributed by atoms with Gasteiger partial charge < -0.3 is 0 Å². The fourth-order valence-electron chi connectivity index (χ4n) is 3.30. The van der Waals surface area contributed by atoms with E-state index in [-0.39, 0.29) is 11.2 Å². The molecule has 2 fully saturated rings. The predicted octanol–water partition coefficient (Wildman–Crippen LogP) is 0.887. The molecule has 2 aliphatic carbocycles. The van der Waals surface area contributed by atoms with Crippen LogP contribution in [0.2, 0.25) is 0 Å². The summed E-state index contributed by atoms with van der Waals surface area (Å²) in [4.78, 5) is 23.4. The highest BCUT2D eigenvalue weighted by Crippen LogP contribution is 2.63. The third kappa shape index (κ3) is 0.780. The van der Waals surface area contributed by atoms with Gasteiger partial charge in [-0.2, -0.15) is 0 Å². The van der Waals surface area contributed by atoms with Crippen LogP contribution in [0.1, 0.15) is 33.1 Å². The smallest absolute Gasteiger partial charge is 0.257 e. The maximum Gasteiger partial charge on any atom is 0.257 e. The Morgan fingerprint density at radius 1 is 1.57 bits per heavy atom. The van der Waals surface area contributed by atoms with E-state index in [1.54, 1.807) is 5.48 Å². The van der Waals surface area contributed by atoms with Gasteiger partial charge in [-0.05, 0) is 24.2 Å². The van der Waals surface area contributed by atoms with Crippen molar-refractivity contribution in [2.75, 3.05) is 0 Å². The van der Waals surface area contributed by atoms with Crippen LogP contribution in [0.5, 0.6) is 0 Å². The van der Waals surface area contributed by atoms with Gasteiger partial charge in [0.25, 0.3) is 5.91 Å². The molecule has 0 aromatic heterocycles. The summed E-state index contributed by atoms with van der Waals surface area (Å²) < 4.78 is 0. The summed E-state index contributed by atoms with van der Waals surface area (Å²) in [7, 11) is 0. The fourth-order valence-corrected chi connectivity index (χ4v) is 3.30. The summed E-state index contributed by atoms with van der Waals surface area (Å²) in [5, 5.41) is 8.71. The molecule has 14 heavy (non-hydrogen) atoms. The molecule has 0 radical (unpaired) electrons. The normalized spacial score (nSPS) is 38.8. The lowest BCUT2D eigenvalue weighted by molar-refractivity contribution is -0.151. The molecule has 0 aliphatic heterocycles. The molecular weight excluding hydrogens is 182 g/mol. The molecule has 0 unspecified atom stereocenters. The van der Waals surface area contributed by atoms with Crippen LogP contribution >= 0.6 is 0 Å². The van der Waals surface area contributed by atoms with E-state index in [2.05, 4.69) is 0 Å². The van der Waals surface area contributed by atoms with E-state index in [1.807, 2.05) is 13.8 Å². The van der Waals surface area contributed by atoms with Gasteiger partial charge in [0.05, 0.1) is 0 Å². The van der Waals surface area contributed by atoms with Crippen LogP contribution in [0.25, 0.3) is 0 Å². The molecule has 2 N–H and O–H groups in total. The van der Waals surface area contributed by atoms with Crippen molar-refractivity contribution in [1.82, 2.24) is 5.48 Å². The summed E-state index contributed by atoms with van der Waals surface area (Å²) in [6.07, 6.45) is 1.97. The zero-order chi connectivity index (χ0) is 10.6. The van der Waals surface area contributed by atoms with Gasteiger partial charge in [-0.1, -0.05) is 13.8 Å². The van der Waals surface area contributed by atoms with Crippen LogP contribution in [0.15, 0.2) is 0 Å². The standard InChI is InChI=1S/C10H15NO3/c1-9(2)6-3-4-10(9,7(12)5-6)8(13)11-14/h6,14H,3-5H2,1-2H3,(H,11,13)/t6-,10+/m1/s1. The average molecular weight is 197 g/mol. The number of fused-ring (bicyclic) bond motifs is 2. The number of Topliss-reactive ketones (excluding diaryl/α,β-unsaturated/α-hetero) is 1. The van der Waals surface area contributed by atoms with E-state index in [1.165, 1.54) is 0 Å². The Morgan fingerprint density at radius 3 is 2.57 bits per heavy atom. The molecule has 2 rings (SSSR count). The molecule has 0 heterocycles. The minimum Gasteiger partial charge on any atom is -0.298 e. The summed E-state index contributed by atoms with van der Waals surface area (Å²) in [6.45, 7) is 3.90. The summed E-state index contributed by atoms with van der Waals surface area (Å²) in [5.41, 5.74) is 0.377. The minimum absolute atomic E-state index is 0.00898. The first-order valence-electron chi connectivity index (χ1n) is 4.94. The molecule has 4 heteroatoms. The van der Waals surface area contributed by atoms with E-state index in [4.69, 9.17) is 5.21 Å². The minimum atomic E-state index is -0.966. The van der Waals surface area contributed by atoms with Gasteiger partial charge in [-0.3, -0.25) is 14.8 Å². The molecule has 0 spiro atoms. The molecule has 2 bridgehead atoms. The topological polar surface area (TPSA) is 66.4 Å². The van der Waals surface area contributed by atoms with Crippen LogP contribution in [0.4, 0.5) is 0 Å². The number of ketones is 1. The van der Waals surface area contributed by atoms with Crippen molar-refractivity contribution in [1.29, 1.82) is 0 Å². The van der Waals surface area contributed by atoms with Gasteiger partial charge in [0.2, 0.25) is 0 Å². The second-order valence-electron chi connectivity index (χ2n) is 4.93. The number of hydrogen-bond donors (Lipinski definition) is 2.